The molecule has 0 aliphatic rings. The molecular formula is C18H16ClF3N2O3S. The molecule has 0 fully saturated rings. The van der Waals surface area contributed by atoms with Gasteiger partial charge in [0, 0.05) is 18.3 Å². The minimum atomic E-state index is -4.64. The van der Waals surface area contributed by atoms with Crippen LogP contribution < -0.4 is 10.0 Å². The maximum atomic E-state index is 12.8. The Kier molecular flexibility index (Phi) is 6.87. The number of halogens is 4. The zero-order chi connectivity index (χ0) is 20.9. The lowest BCUT2D eigenvalue weighted by Crippen LogP contribution is -2.22. The summed E-state index contributed by atoms with van der Waals surface area (Å²) in [7, 11) is -3.57. The fourth-order valence-electron chi connectivity index (χ4n) is 2.21. The van der Waals surface area contributed by atoms with Gasteiger partial charge < -0.3 is 5.32 Å². The molecule has 0 aliphatic carbocycles. The molecule has 0 aromatic heterocycles. The van der Waals surface area contributed by atoms with Crippen LogP contribution in [0, 0.1) is 0 Å². The molecule has 2 N–H and O–H groups in total. The van der Waals surface area contributed by atoms with E-state index < -0.39 is 32.7 Å². The van der Waals surface area contributed by atoms with Gasteiger partial charge >= 0.3 is 6.18 Å². The average molecular weight is 433 g/mol. The third-order valence-corrected chi connectivity index (χ3v) is 5.38. The summed E-state index contributed by atoms with van der Waals surface area (Å²) in [4.78, 5) is 12.0. The molecule has 150 valence electrons. The largest absolute Gasteiger partial charge is 0.417 e. The Morgan fingerprint density at radius 3 is 2.36 bits per heavy atom. The van der Waals surface area contributed by atoms with Gasteiger partial charge in [0.2, 0.25) is 15.9 Å². The summed E-state index contributed by atoms with van der Waals surface area (Å²) < 4.78 is 64.6. The molecule has 0 bridgehead atoms. The Labute approximate surface area is 165 Å². The van der Waals surface area contributed by atoms with Crippen LogP contribution in [-0.2, 0) is 21.0 Å². The van der Waals surface area contributed by atoms with Crippen LogP contribution >= 0.6 is 11.6 Å². The number of carbonyl (C=O) groups excluding carboxylic acids is 1. The van der Waals surface area contributed by atoms with E-state index in [-0.39, 0.29) is 17.1 Å². The molecule has 0 heterocycles. The second kappa shape index (κ2) is 8.76. The topological polar surface area (TPSA) is 75.3 Å². The molecule has 5 nitrogen and oxygen atoms in total. The summed E-state index contributed by atoms with van der Waals surface area (Å²) >= 11 is 5.53. The number of amides is 1. The van der Waals surface area contributed by atoms with Crippen molar-refractivity contribution in [3.8, 4) is 0 Å². The minimum absolute atomic E-state index is 0.0570. The van der Waals surface area contributed by atoms with Gasteiger partial charge in [-0.1, -0.05) is 30.7 Å². The lowest BCUT2D eigenvalue weighted by Gasteiger charge is -2.11. The van der Waals surface area contributed by atoms with Crippen molar-refractivity contribution in [2.24, 2.45) is 0 Å². The van der Waals surface area contributed by atoms with E-state index in [1.165, 1.54) is 36.4 Å². The van der Waals surface area contributed by atoms with Crippen molar-refractivity contribution >= 4 is 39.3 Å². The van der Waals surface area contributed by atoms with Crippen LogP contribution in [0.3, 0.4) is 0 Å². The third kappa shape index (κ3) is 5.82. The number of nitrogens with one attached hydrogen (secondary N) is 2. The van der Waals surface area contributed by atoms with Gasteiger partial charge in [0.25, 0.3) is 0 Å². The van der Waals surface area contributed by atoms with Gasteiger partial charge in [-0.3, -0.25) is 4.79 Å². The average Bonchev–Trinajstić information content (AvgIpc) is 2.61. The monoisotopic (exact) mass is 432 g/mol. The molecule has 2 aromatic rings. The highest BCUT2D eigenvalue weighted by atomic mass is 35.5. The molecule has 0 radical (unpaired) electrons. The molecule has 0 aliphatic heterocycles. The standard InChI is InChI=1S/C18H16ClF3N2O3S/c1-2-23-28(26,27)14-7-3-12(4-8-14)5-10-17(25)24-13-6-9-16(19)15(11-13)18(20,21)22/h3-11,23H,2H2,1H3,(H,24,25)/b10-5+. The number of alkyl halides is 3. The minimum Gasteiger partial charge on any atom is -0.322 e. The number of sulfonamides is 1. The second-order valence-electron chi connectivity index (χ2n) is 5.59. The van der Waals surface area contributed by atoms with Gasteiger partial charge in [-0.2, -0.15) is 13.2 Å². The smallest absolute Gasteiger partial charge is 0.322 e. The Balaban J connectivity index is 2.08. The molecular weight excluding hydrogens is 417 g/mol. The fraction of sp³-hybridized carbons (Fsp3) is 0.167. The molecule has 0 atom stereocenters. The van der Waals surface area contributed by atoms with Gasteiger partial charge in [0.15, 0.2) is 0 Å². The molecule has 0 saturated heterocycles. The fourth-order valence-corrected chi connectivity index (χ4v) is 3.47. The molecule has 2 rings (SSSR count). The summed E-state index contributed by atoms with van der Waals surface area (Å²) in [5.41, 5.74) is -0.565. The van der Waals surface area contributed by atoms with Crippen molar-refractivity contribution in [1.29, 1.82) is 0 Å². The molecule has 2 aromatic carbocycles. The summed E-state index contributed by atoms with van der Waals surface area (Å²) in [6.45, 7) is 1.91. The summed E-state index contributed by atoms with van der Waals surface area (Å²) in [5, 5.41) is 1.85. The van der Waals surface area contributed by atoms with Crippen LogP contribution in [-0.4, -0.2) is 20.9 Å². The predicted octanol–water partition coefficient (Wildman–Crippen LogP) is 4.31. The molecule has 28 heavy (non-hydrogen) atoms. The Hall–Kier alpha value is -2.36. The van der Waals surface area contributed by atoms with Crippen LogP contribution in [0.5, 0.6) is 0 Å². The molecule has 0 spiro atoms. The lowest BCUT2D eigenvalue weighted by molar-refractivity contribution is -0.137. The van der Waals surface area contributed by atoms with Crippen LogP contribution in [0.2, 0.25) is 5.02 Å². The molecule has 10 heteroatoms. The maximum absolute atomic E-state index is 12.8. The molecule has 0 unspecified atom stereocenters. The zero-order valence-electron chi connectivity index (χ0n) is 14.5. The van der Waals surface area contributed by atoms with Crippen molar-refractivity contribution in [1.82, 2.24) is 4.72 Å². The van der Waals surface area contributed by atoms with Gasteiger partial charge in [-0.05, 0) is 42.0 Å². The number of rotatable bonds is 6. The zero-order valence-corrected chi connectivity index (χ0v) is 16.1. The van der Waals surface area contributed by atoms with Gasteiger partial charge in [-0.15, -0.1) is 0 Å². The highest BCUT2D eigenvalue weighted by Crippen LogP contribution is 2.36. The SMILES string of the molecule is CCNS(=O)(=O)c1ccc(/C=C/C(=O)Nc2ccc(Cl)c(C(F)(F)F)c2)cc1. The van der Waals surface area contributed by atoms with Crippen molar-refractivity contribution in [2.45, 2.75) is 18.0 Å². The van der Waals surface area contributed by atoms with Gasteiger partial charge in [0.05, 0.1) is 15.5 Å². The highest BCUT2D eigenvalue weighted by molar-refractivity contribution is 7.89. The van der Waals surface area contributed by atoms with E-state index in [4.69, 9.17) is 11.6 Å². The van der Waals surface area contributed by atoms with E-state index in [2.05, 4.69) is 10.0 Å². The van der Waals surface area contributed by atoms with Crippen molar-refractivity contribution in [3.63, 3.8) is 0 Å². The number of benzene rings is 2. The number of hydrogen-bond acceptors (Lipinski definition) is 3. The Bertz CT molecular complexity index is 988. The predicted molar refractivity (Wildman–Crippen MR) is 101 cm³/mol. The van der Waals surface area contributed by atoms with E-state index in [1.807, 2.05) is 0 Å². The van der Waals surface area contributed by atoms with Crippen molar-refractivity contribution < 1.29 is 26.4 Å². The van der Waals surface area contributed by atoms with Crippen molar-refractivity contribution in [3.05, 3.63) is 64.7 Å². The first-order chi connectivity index (χ1) is 13.0. The first-order valence-corrected chi connectivity index (χ1v) is 9.84. The first-order valence-electron chi connectivity index (χ1n) is 7.98. The first kappa shape index (κ1) is 21.9. The van der Waals surface area contributed by atoms with E-state index in [1.54, 1.807) is 6.92 Å². The normalized spacial score (nSPS) is 12.3. The summed E-state index contributed by atoms with van der Waals surface area (Å²) in [6, 6.07) is 8.80. The van der Waals surface area contributed by atoms with E-state index >= 15 is 0 Å². The van der Waals surface area contributed by atoms with E-state index in [9.17, 15) is 26.4 Å². The van der Waals surface area contributed by atoms with Gasteiger partial charge in [0.1, 0.15) is 0 Å². The molecule has 0 saturated carbocycles. The maximum Gasteiger partial charge on any atom is 0.417 e. The van der Waals surface area contributed by atoms with Crippen LogP contribution in [0.1, 0.15) is 18.1 Å². The number of carbonyl (C=O) groups is 1. The Morgan fingerprint density at radius 1 is 1.14 bits per heavy atom. The summed E-state index contributed by atoms with van der Waals surface area (Å²) in [5.74, 6) is -0.653. The Morgan fingerprint density at radius 2 is 1.79 bits per heavy atom. The third-order valence-electron chi connectivity index (χ3n) is 3.49. The molecule has 1 amide bonds. The van der Waals surface area contributed by atoms with Crippen LogP contribution in [0.4, 0.5) is 18.9 Å². The summed E-state index contributed by atoms with van der Waals surface area (Å²) in [6.07, 6.45) is -2.11. The number of hydrogen-bond donors (Lipinski definition) is 2. The quantitative estimate of drug-likeness (QED) is 0.668. The van der Waals surface area contributed by atoms with Crippen molar-refractivity contribution in [2.75, 3.05) is 11.9 Å². The van der Waals surface area contributed by atoms with Crippen LogP contribution in [0.15, 0.2) is 53.4 Å². The van der Waals surface area contributed by atoms with Crippen LogP contribution in [0.25, 0.3) is 6.08 Å². The number of anilines is 1. The highest BCUT2D eigenvalue weighted by Gasteiger charge is 2.33. The lowest BCUT2D eigenvalue weighted by atomic mass is 10.2. The van der Waals surface area contributed by atoms with Gasteiger partial charge in [-0.25, -0.2) is 13.1 Å². The van der Waals surface area contributed by atoms with E-state index in [0.717, 1.165) is 18.2 Å². The second-order valence-corrected chi connectivity index (χ2v) is 7.76. The van der Waals surface area contributed by atoms with E-state index in [0.29, 0.717) is 5.56 Å².